The van der Waals surface area contributed by atoms with Crippen molar-refractivity contribution < 1.29 is 13.6 Å². The van der Waals surface area contributed by atoms with Crippen LogP contribution in [-0.4, -0.2) is 10.9 Å². The number of nitrogens with zero attached hydrogens (tertiary/aromatic N) is 1. The Balaban J connectivity index is 1.32. The zero-order valence-electron chi connectivity index (χ0n) is 15.8. The van der Waals surface area contributed by atoms with E-state index in [1.165, 1.54) is 23.8 Å². The van der Waals surface area contributed by atoms with Gasteiger partial charge in [0.15, 0.2) is 0 Å². The third-order valence-electron chi connectivity index (χ3n) is 6.31. The molecule has 2 aliphatic rings. The maximum atomic E-state index is 13.7. The maximum absolute atomic E-state index is 13.7. The number of allylic oxidation sites excluding steroid dienone is 2. The van der Waals surface area contributed by atoms with Crippen molar-refractivity contribution in [2.45, 2.75) is 25.7 Å². The number of amides is 1. The van der Waals surface area contributed by atoms with Crippen LogP contribution in [-0.2, 0) is 4.79 Å². The minimum absolute atomic E-state index is 0.00453. The molecule has 29 heavy (non-hydrogen) atoms. The second-order valence-corrected chi connectivity index (χ2v) is 8.07. The summed E-state index contributed by atoms with van der Waals surface area (Å²) in [5.74, 6) is -0.597. The maximum Gasteiger partial charge on any atom is 0.228 e. The fraction of sp³-hybridized carbons (Fsp3) is 0.250. The van der Waals surface area contributed by atoms with Gasteiger partial charge in [0.1, 0.15) is 11.6 Å². The Morgan fingerprint density at radius 3 is 2.62 bits per heavy atom. The van der Waals surface area contributed by atoms with Crippen LogP contribution in [0, 0.1) is 23.0 Å². The zero-order valence-corrected chi connectivity index (χ0v) is 15.8. The van der Waals surface area contributed by atoms with Crippen LogP contribution in [0.1, 0.15) is 31.2 Å². The number of hydrogen-bond acceptors (Lipinski definition) is 2. The molecule has 1 aromatic heterocycles. The van der Waals surface area contributed by atoms with E-state index in [1.807, 2.05) is 6.07 Å². The lowest BCUT2D eigenvalue weighted by Gasteiger charge is -2.23. The molecule has 3 aromatic rings. The first-order chi connectivity index (χ1) is 14.0. The molecule has 1 unspecified atom stereocenters. The fourth-order valence-corrected chi connectivity index (χ4v) is 4.54. The molecule has 1 fully saturated rings. The Kier molecular flexibility index (Phi) is 4.19. The van der Waals surface area contributed by atoms with E-state index in [4.69, 9.17) is 0 Å². The average molecular weight is 390 g/mol. The van der Waals surface area contributed by atoms with Gasteiger partial charge in [-0.1, -0.05) is 6.08 Å². The number of hydrogen-bond donors (Lipinski definition) is 1. The molecule has 3 nitrogen and oxygen atoms in total. The number of pyridine rings is 1. The van der Waals surface area contributed by atoms with Crippen LogP contribution < -0.4 is 5.32 Å². The first-order valence-electron chi connectivity index (χ1n) is 9.84. The van der Waals surface area contributed by atoms with Crippen molar-refractivity contribution in [3.05, 3.63) is 78.0 Å². The van der Waals surface area contributed by atoms with Crippen LogP contribution in [0.2, 0.25) is 0 Å². The molecule has 1 spiro atoms. The summed E-state index contributed by atoms with van der Waals surface area (Å²) in [6, 6.07) is 12.5. The zero-order chi connectivity index (χ0) is 20.0. The Labute approximate surface area is 167 Å². The van der Waals surface area contributed by atoms with Gasteiger partial charge in [0.2, 0.25) is 5.91 Å². The molecule has 2 aliphatic carbocycles. The summed E-state index contributed by atoms with van der Waals surface area (Å²) in [6.45, 7) is 0. The molecule has 1 N–H and O–H groups in total. The van der Waals surface area contributed by atoms with Gasteiger partial charge in [-0.2, -0.15) is 0 Å². The monoisotopic (exact) mass is 390 g/mol. The van der Waals surface area contributed by atoms with Crippen molar-refractivity contribution in [3.8, 4) is 0 Å². The SMILES string of the molecule is O=C(Nc1ccc(F)cc1)C1C[C@@]12CC=C(c1ccnc3ccc(F)cc13)CC2. The minimum atomic E-state index is -0.320. The van der Waals surface area contributed by atoms with Crippen LogP contribution in [0.5, 0.6) is 0 Å². The molecule has 1 saturated carbocycles. The minimum Gasteiger partial charge on any atom is -0.326 e. The highest BCUT2D eigenvalue weighted by molar-refractivity contribution is 5.96. The molecule has 2 aromatic carbocycles. The summed E-state index contributed by atoms with van der Waals surface area (Å²) in [5.41, 5.74) is 3.64. The normalized spacial score (nSPS) is 23.1. The highest BCUT2D eigenvalue weighted by Crippen LogP contribution is 2.62. The highest BCUT2D eigenvalue weighted by Gasteiger charge is 2.57. The van der Waals surface area contributed by atoms with Gasteiger partial charge in [0, 0.05) is 23.2 Å². The van der Waals surface area contributed by atoms with Gasteiger partial charge in [-0.3, -0.25) is 9.78 Å². The molecule has 5 heteroatoms. The predicted molar refractivity (Wildman–Crippen MR) is 109 cm³/mol. The molecule has 0 aliphatic heterocycles. The first kappa shape index (κ1) is 18.0. The second-order valence-electron chi connectivity index (χ2n) is 8.07. The van der Waals surface area contributed by atoms with Crippen LogP contribution >= 0.6 is 0 Å². The lowest BCUT2D eigenvalue weighted by molar-refractivity contribution is -0.118. The average Bonchev–Trinajstić information content (AvgIpc) is 3.43. The molecule has 5 rings (SSSR count). The van der Waals surface area contributed by atoms with Gasteiger partial charge >= 0.3 is 0 Å². The molecular weight excluding hydrogens is 370 g/mol. The molecule has 1 heterocycles. The van der Waals surface area contributed by atoms with Crippen molar-refractivity contribution in [1.29, 1.82) is 0 Å². The van der Waals surface area contributed by atoms with Gasteiger partial charge in [-0.15, -0.1) is 0 Å². The van der Waals surface area contributed by atoms with Crippen molar-refractivity contribution in [2.24, 2.45) is 11.3 Å². The number of carbonyl (C=O) groups excluding carboxylic acids is 1. The summed E-state index contributed by atoms with van der Waals surface area (Å²) in [4.78, 5) is 17.0. The number of carbonyl (C=O) groups is 1. The van der Waals surface area contributed by atoms with Crippen molar-refractivity contribution in [1.82, 2.24) is 4.98 Å². The van der Waals surface area contributed by atoms with Crippen LogP contribution in [0.15, 0.2) is 60.8 Å². The Morgan fingerprint density at radius 2 is 1.86 bits per heavy atom. The van der Waals surface area contributed by atoms with Gasteiger partial charge < -0.3 is 5.32 Å². The van der Waals surface area contributed by atoms with Gasteiger partial charge in [0.25, 0.3) is 0 Å². The quantitative estimate of drug-likeness (QED) is 0.621. The van der Waals surface area contributed by atoms with E-state index in [2.05, 4.69) is 16.4 Å². The second kappa shape index (κ2) is 6.76. The van der Waals surface area contributed by atoms with Gasteiger partial charge in [0.05, 0.1) is 5.52 Å². The predicted octanol–water partition coefficient (Wildman–Crippen LogP) is 5.73. The molecular formula is C24H20F2N2O. The lowest BCUT2D eigenvalue weighted by atomic mass is 9.82. The molecule has 0 radical (unpaired) electrons. The van der Waals surface area contributed by atoms with Gasteiger partial charge in [-0.25, -0.2) is 8.78 Å². The summed E-state index contributed by atoms with van der Waals surface area (Å²) >= 11 is 0. The number of nitrogens with one attached hydrogen (secondary N) is 1. The lowest BCUT2D eigenvalue weighted by Crippen LogP contribution is -2.20. The standard InChI is InChI=1S/C24H20F2N2O/c25-16-1-4-18(5-2-16)28-23(29)21-14-24(21)10-7-15(8-11-24)19-9-12-27-22-6-3-17(26)13-20(19)22/h1-7,9,12-13,21H,8,10-11,14H2,(H,28,29)/t21?,24-/m0/s1. The Morgan fingerprint density at radius 1 is 1.07 bits per heavy atom. The fourth-order valence-electron chi connectivity index (χ4n) is 4.54. The number of fused-ring (bicyclic) bond motifs is 1. The van der Waals surface area contributed by atoms with Crippen LogP contribution in [0.3, 0.4) is 0 Å². The van der Waals surface area contributed by atoms with Crippen LogP contribution in [0.4, 0.5) is 14.5 Å². The third-order valence-corrected chi connectivity index (χ3v) is 6.31. The number of anilines is 1. The van der Waals surface area contributed by atoms with E-state index in [1.54, 1.807) is 30.5 Å². The topological polar surface area (TPSA) is 42.0 Å². The largest absolute Gasteiger partial charge is 0.326 e. The summed E-state index contributed by atoms with van der Waals surface area (Å²) < 4.78 is 26.8. The Hall–Kier alpha value is -3.08. The molecule has 0 bridgehead atoms. The number of aromatic nitrogens is 1. The summed E-state index contributed by atoms with van der Waals surface area (Å²) in [6.07, 6.45) is 7.46. The molecule has 0 saturated heterocycles. The molecule has 2 atom stereocenters. The van der Waals surface area contributed by atoms with Crippen molar-refractivity contribution >= 4 is 28.1 Å². The van der Waals surface area contributed by atoms with Crippen LogP contribution in [0.25, 0.3) is 16.5 Å². The smallest absolute Gasteiger partial charge is 0.228 e. The number of halogens is 2. The molecule has 1 amide bonds. The van der Waals surface area contributed by atoms with E-state index in [-0.39, 0.29) is 28.9 Å². The summed E-state index contributed by atoms with van der Waals surface area (Å²) in [5, 5.41) is 3.73. The van der Waals surface area contributed by atoms with E-state index < -0.39 is 0 Å². The molecule has 146 valence electrons. The highest BCUT2D eigenvalue weighted by atomic mass is 19.1. The van der Waals surface area contributed by atoms with Crippen molar-refractivity contribution in [2.75, 3.05) is 5.32 Å². The Bertz CT molecular complexity index is 1140. The number of rotatable bonds is 3. The number of benzene rings is 2. The first-order valence-corrected chi connectivity index (χ1v) is 9.84. The van der Waals surface area contributed by atoms with E-state index in [0.29, 0.717) is 5.69 Å². The van der Waals surface area contributed by atoms with Gasteiger partial charge in [-0.05, 0) is 90.8 Å². The van der Waals surface area contributed by atoms with E-state index in [0.717, 1.165) is 42.1 Å². The van der Waals surface area contributed by atoms with E-state index in [9.17, 15) is 13.6 Å². The third kappa shape index (κ3) is 3.31. The van der Waals surface area contributed by atoms with Crippen molar-refractivity contribution in [3.63, 3.8) is 0 Å². The van der Waals surface area contributed by atoms with E-state index >= 15 is 0 Å². The summed E-state index contributed by atoms with van der Waals surface area (Å²) in [7, 11) is 0.